The van der Waals surface area contributed by atoms with Gasteiger partial charge in [0.05, 0.1) is 0 Å². The van der Waals surface area contributed by atoms with Crippen molar-refractivity contribution < 1.29 is 4.79 Å². The topological polar surface area (TPSA) is 46.3 Å². The first-order chi connectivity index (χ1) is 9.83. The second kappa shape index (κ2) is 7.47. The van der Waals surface area contributed by atoms with Crippen LogP contribution in [0.2, 0.25) is 0 Å². The van der Waals surface area contributed by atoms with E-state index in [9.17, 15) is 4.79 Å². The fourth-order valence-electron chi connectivity index (χ4n) is 3.25. The van der Waals surface area contributed by atoms with Gasteiger partial charge in [0.2, 0.25) is 5.91 Å². The lowest BCUT2D eigenvalue weighted by Crippen LogP contribution is -2.38. The van der Waals surface area contributed by atoms with Crippen molar-refractivity contribution in [2.45, 2.75) is 52.0 Å². The molecule has 0 bridgehead atoms. The normalized spacial score (nSPS) is 21.6. The molecular weight excluding hydrogens is 296 g/mol. The molecule has 3 nitrogen and oxygen atoms in total. The number of benzene rings is 1. The highest BCUT2D eigenvalue weighted by Gasteiger charge is 2.34. The van der Waals surface area contributed by atoms with Crippen LogP contribution in [0.3, 0.4) is 0 Å². The van der Waals surface area contributed by atoms with Crippen LogP contribution in [0.15, 0.2) is 24.3 Å². The minimum atomic E-state index is -0.134. The van der Waals surface area contributed by atoms with Crippen molar-refractivity contribution in [1.29, 1.82) is 0 Å². The van der Waals surface area contributed by atoms with E-state index in [1.54, 1.807) is 0 Å². The molecule has 1 saturated heterocycles. The van der Waals surface area contributed by atoms with Crippen LogP contribution in [-0.4, -0.2) is 29.9 Å². The Morgan fingerprint density at radius 2 is 1.91 bits per heavy atom. The summed E-state index contributed by atoms with van der Waals surface area (Å²) in [5.74, 6) is 0.718. The van der Waals surface area contributed by atoms with Crippen LogP contribution in [0.5, 0.6) is 0 Å². The van der Waals surface area contributed by atoms with Gasteiger partial charge in [0.1, 0.15) is 0 Å². The average Bonchev–Trinajstić information content (AvgIpc) is 2.80. The number of likely N-dealkylation sites (tertiary alicyclic amines) is 1. The Bertz CT molecular complexity index is 498. The largest absolute Gasteiger partial charge is 0.340 e. The number of aryl methyl sites for hydroxylation is 1. The number of amides is 1. The molecule has 22 heavy (non-hydrogen) atoms. The maximum Gasteiger partial charge on any atom is 0.223 e. The van der Waals surface area contributed by atoms with E-state index in [1.807, 2.05) is 4.90 Å². The molecule has 2 unspecified atom stereocenters. The molecule has 1 fully saturated rings. The Labute approximate surface area is 140 Å². The molecule has 0 saturated carbocycles. The van der Waals surface area contributed by atoms with Gasteiger partial charge in [-0.1, -0.05) is 43.7 Å². The number of rotatable bonds is 4. The smallest absolute Gasteiger partial charge is 0.223 e. The van der Waals surface area contributed by atoms with Crippen LogP contribution in [0.4, 0.5) is 0 Å². The number of hydrogen-bond donors (Lipinski definition) is 1. The van der Waals surface area contributed by atoms with Gasteiger partial charge in [-0.2, -0.15) is 0 Å². The van der Waals surface area contributed by atoms with Crippen LogP contribution in [-0.2, 0) is 10.2 Å². The third-order valence-electron chi connectivity index (χ3n) is 4.74. The maximum atomic E-state index is 12.7. The highest BCUT2D eigenvalue weighted by atomic mass is 35.5. The Hall–Kier alpha value is -1.06. The molecule has 2 N–H and O–H groups in total. The third-order valence-corrected chi connectivity index (χ3v) is 4.74. The lowest BCUT2D eigenvalue weighted by atomic mass is 9.81. The lowest BCUT2D eigenvalue weighted by Gasteiger charge is -2.29. The average molecular weight is 325 g/mol. The van der Waals surface area contributed by atoms with Crippen LogP contribution in [0, 0.1) is 12.8 Å². The van der Waals surface area contributed by atoms with Gasteiger partial charge in [0.15, 0.2) is 0 Å². The first kappa shape index (κ1) is 19.0. The van der Waals surface area contributed by atoms with E-state index in [1.165, 1.54) is 11.1 Å². The van der Waals surface area contributed by atoms with E-state index in [-0.39, 0.29) is 23.7 Å². The highest BCUT2D eigenvalue weighted by Crippen LogP contribution is 2.30. The summed E-state index contributed by atoms with van der Waals surface area (Å²) < 4.78 is 0. The van der Waals surface area contributed by atoms with Crippen molar-refractivity contribution in [3.05, 3.63) is 35.4 Å². The van der Waals surface area contributed by atoms with Gasteiger partial charge in [-0.25, -0.2) is 0 Å². The van der Waals surface area contributed by atoms with Crippen molar-refractivity contribution in [2.24, 2.45) is 11.7 Å². The molecule has 0 aromatic heterocycles. The summed E-state index contributed by atoms with van der Waals surface area (Å²) in [7, 11) is 0. The molecule has 0 spiro atoms. The molecule has 1 amide bonds. The van der Waals surface area contributed by atoms with E-state index in [0.717, 1.165) is 13.0 Å². The Morgan fingerprint density at radius 1 is 1.32 bits per heavy atom. The number of nitrogens with zero attached hydrogens (tertiary/aromatic N) is 1. The predicted molar refractivity (Wildman–Crippen MR) is 94.4 cm³/mol. The number of carbonyl (C=O) groups excluding carboxylic acids is 1. The van der Waals surface area contributed by atoms with Crippen molar-refractivity contribution in [2.75, 3.05) is 13.1 Å². The molecule has 124 valence electrons. The van der Waals surface area contributed by atoms with Gasteiger partial charge >= 0.3 is 0 Å². The van der Waals surface area contributed by atoms with E-state index in [2.05, 4.69) is 52.0 Å². The molecule has 1 aromatic carbocycles. The van der Waals surface area contributed by atoms with Gasteiger partial charge in [-0.05, 0) is 43.7 Å². The molecule has 1 aromatic rings. The molecule has 2 rings (SSSR count). The second-order valence-electron chi connectivity index (χ2n) is 7.16. The van der Waals surface area contributed by atoms with Crippen LogP contribution >= 0.6 is 12.4 Å². The van der Waals surface area contributed by atoms with E-state index in [0.29, 0.717) is 24.9 Å². The first-order valence-corrected chi connectivity index (χ1v) is 7.90. The number of hydrogen-bond acceptors (Lipinski definition) is 2. The minimum absolute atomic E-state index is 0. The monoisotopic (exact) mass is 324 g/mol. The standard InChI is InChI=1S/C18H28N2O.ClH/c1-13-5-7-16(8-6-13)18(3,4)10-17(21)20-12-15(11-19)9-14(20)2;/h5-8,14-15H,9-12,19H2,1-4H3;1H. The quantitative estimate of drug-likeness (QED) is 0.923. The summed E-state index contributed by atoms with van der Waals surface area (Å²) in [6.07, 6.45) is 1.59. The van der Waals surface area contributed by atoms with Gasteiger partial charge in [-0.15, -0.1) is 12.4 Å². The van der Waals surface area contributed by atoms with Crippen LogP contribution < -0.4 is 5.73 Å². The summed E-state index contributed by atoms with van der Waals surface area (Å²) in [4.78, 5) is 14.7. The number of nitrogens with two attached hydrogens (primary N) is 1. The lowest BCUT2D eigenvalue weighted by molar-refractivity contribution is -0.133. The molecular formula is C18H29ClN2O. The Morgan fingerprint density at radius 3 is 2.41 bits per heavy atom. The molecule has 4 heteroatoms. The van der Waals surface area contributed by atoms with Crippen molar-refractivity contribution in [3.63, 3.8) is 0 Å². The third kappa shape index (κ3) is 4.23. The van der Waals surface area contributed by atoms with E-state index >= 15 is 0 Å². The summed E-state index contributed by atoms with van der Waals surface area (Å²) in [5, 5.41) is 0. The number of carbonyl (C=O) groups is 1. The fourth-order valence-corrected chi connectivity index (χ4v) is 3.25. The van der Waals surface area contributed by atoms with Gasteiger partial charge in [0, 0.05) is 19.0 Å². The first-order valence-electron chi connectivity index (χ1n) is 7.90. The zero-order valence-corrected chi connectivity index (χ0v) is 15.0. The molecule has 0 aliphatic carbocycles. The Kier molecular flexibility index (Phi) is 6.45. The summed E-state index contributed by atoms with van der Waals surface area (Å²) in [6, 6.07) is 8.83. The molecule has 1 aliphatic rings. The molecule has 1 aliphatic heterocycles. The van der Waals surface area contributed by atoms with Gasteiger partial charge in [0.25, 0.3) is 0 Å². The van der Waals surface area contributed by atoms with E-state index in [4.69, 9.17) is 5.73 Å². The summed E-state index contributed by atoms with van der Waals surface area (Å²) in [5.41, 5.74) is 8.09. The van der Waals surface area contributed by atoms with E-state index < -0.39 is 0 Å². The minimum Gasteiger partial charge on any atom is -0.340 e. The fraction of sp³-hybridized carbons (Fsp3) is 0.611. The number of halogens is 1. The summed E-state index contributed by atoms with van der Waals surface area (Å²) >= 11 is 0. The van der Waals surface area contributed by atoms with Crippen LogP contribution in [0.25, 0.3) is 0 Å². The second-order valence-corrected chi connectivity index (χ2v) is 7.16. The molecule has 2 atom stereocenters. The predicted octanol–water partition coefficient (Wildman–Crippen LogP) is 3.28. The molecule has 0 radical (unpaired) electrons. The Balaban J connectivity index is 0.00000242. The van der Waals surface area contributed by atoms with Gasteiger partial charge in [-0.3, -0.25) is 4.79 Å². The van der Waals surface area contributed by atoms with Gasteiger partial charge < -0.3 is 10.6 Å². The SMILES string of the molecule is Cc1ccc(C(C)(C)CC(=O)N2CC(CN)CC2C)cc1.Cl. The zero-order chi connectivity index (χ0) is 15.6. The summed E-state index contributed by atoms with van der Waals surface area (Å²) in [6.45, 7) is 10.0. The molecule has 1 heterocycles. The maximum absolute atomic E-state index is 12.7. The van der Waals surface area contributed by atoms with Crippen molar-refractivity contribution in [3.8, 4) is 0 Å². The van der Waals surface area contributed by atoms with Crippen molar-refractivity contribution in [1.82, 2.24) is 4.90 Å². The van der Waals surface area contributed by atoms with Crippen molar-refractivity contribution >= 4 is 18.3 Å². The van der Waals surface area contributed by atoms with Crippen LogP contribution in [0.1, 0.15) is 44.7 Å². The highest BCUT2D eigenvalue weighted by molar-refractivity contribution is 5.85. The zero-order valence-electron chi connectivity index (χ0n) is 14.1.